The first kappa shape index (κ1) is 18.3. The molecule has 1 aromatic heterocycles. The van der Waals surface area contributed by atoms with Gasteiger partial charge in [0.15, 0.2) is 0 Å². The van der Waals surface area contributed by atoms with Gasteiger partial charge in [0.2, 0.25) is 0 Å². The second kappa shape index (κ2) is 6.54. The van der Waals surface area contributed by atoms with E-state index in [9.17, 15) is 22.4 Å². The fourth-order valence-electron chi connectivity index (χ4n) is 3.70. The van der Waals surface area contributed by atoms with E-state index in [0.717, 1.165) is 34.3 Å². The van der Waals surface area contributed by atoms with Crippen LogP contribution in [0.3, 0.4) is 0 Å². The Morgan fingerprint density at radius 1 is 1.14 bits per heavy atom. The van der Waals surface area contributed by atoms with Crippen LogP contribution in [0.1, 0.15) is 16.8 Å². The van der Waals surface area contributed by atoms with Gasteiger partial charge in [0.05, 0.1) is 5.56 Å². The maximum atomic E-state index is 13.7. The summed E-state index contributed by atoms with van der Waals surface area (Å²) < 4.78 is 54.2. The Kier molecular flexibility index (Phi) is 4.28. The lowest BCUT2D eigenvalue weighted by molar-refractivity contribution is -0.137. The van der Waals surface area contributed by atoms with Crippen molar-refractivity contribution in [3.63, 3.8) is 0 Å². The Labute approximate surface area is 158 Å². The van der Waals surface area contributed by atoms with Gasteiger partial charge in [-0.05, 0) is 36.4 Å². The number of hydrogen-bond donors (Lipinski definition) is 1. The molecule has 0 spiro atoms. The SMILES string of the molecule is Cn1c2c(c3cc(F)ccc31)CN(C(=O)Nc1cccc(C(F)(F)F)c1)CC2. The van der Waals surface area contributed by atoms with Crippen LogP contribution in [0.5, 0.6) is 0 Å². The summed E-state index contributed by atoms with van der Waals surface area (Å²) in [5.74, 6) is -0.355. The third kappa shape index (κ3) is 3.19. The van der Waals surface area contributed by atoms with Crippen LogP contribution in [0, 0.1) is 5.82 Å². The highest BCUT2D eigenvalue weighted by atomic mass is 19.4. The van der Waals surface area contributed by atoms with Gasteiger partial charge in [-0.25, -0.2) is 9.18 Å². The van der Waals surface area contributed by atoms with E-state index in [-0.39, 0.29) is 18.0 Å². The Morgan fingerprint density at radius 2 is 1.93 bits per heavy atom. The van der Waals surface area contributed by atoms with Crippen molar-refractivity contribution in [2.75, 3.05) is 11.9 Å². The average molecular weight is 391 g/mol. The Bertz CT molecular complexity index is 1070. The van der Waals surface area contributed by atoms with Crippen LogP contribution in [-0.2, 0) is 26.2 Å². The molecule has 4 nitrogen and oxygen atoms in total. The summed E-state index contributed by atoms with van der Waals surface area (Å²) in [5, 5.41) is 3.27. The summed E-state index contributed by atoms with van der Waals surface area (Å²) in [6.07, 6.45) is -3.90. The van der Waals surface area contributed by atoms with Gasteiger partial charge in [-0.15, -0.1) is 0 Å². The molecule has 2 heterocycles. The molecule has 4 rings (SSSR count). The van der Waals surface area contributed by atoms with Crippen molar-refractivity contribution in [1.29, 1.82) is 0 Å². The van der Waals surface area contributed by atoms with Crippen LogP contribution in [0.4, 0.5) is 28.0 Å². The number of alkyl halides is 3. The predicted molar refractivity (Wildman–Crippen MR) is 97.5 cm³/mol. The van der Waals surface area contributed by atoms with Crippen LogP contribution < -0.4 is 5.32 Å². The zero-order valence-electron chi connectivity index (χ0n) is 15.0. The van der Waals surface area contributed by atoms with Gasteiger partial charge >= 0.3 is 12.2 Å². The van der Waals surface area contributed by atoms with E-state index in [1.807, 2.05) is 11.6 Å². The van der Waals surface area contributed by atoms with E-state index in [4.69, 9.17) is 0 Å². The van der Waals surface area contributed by atoms with Gasteiger partial charge in [-0.1, -0.05) is 6.07 Å². The van der Waals surface area contributed by atoms with E-state index in [0.29, 0.717) is 13.0 Å². The molecule has 1 aliphatic rings. The van der Waals surface area contributed by atoms with Crippen molar-refractivity contribution in [2.24, 2.45) is 7.05 Å². The summed E-state index contributed by atoms with van der Waals surface area (Å²) in [7, 11) is 1.90. The monoisotopic (exact) mass is 391 g/mol. The van der Waals surface area contributed by atoms with Gasteiger partial charge in [-0.3, -0.25) is 0 Å². The molecule has 0 fully saturated rings. The fourth-order valence-corrected chi connectivity index (χ4v) is 3.70. The van der Waals surface area contributed by atoms with Crippen LogP contribution in [0.25, 0.3) is 10.9 Å². The maximum Gasteiger partial charge on any atom is 0.416 e. The van der Waals surface area contributed by atoms with Crippen LogP contribution in [0.2, 0.25) is 0 Å². The second-order valence-electron chi connectivity index (χ2n) is 6.83. The first-order valence-electron chi connectivity index (χ1n) is 8.73. The number of carbonyl (C=O) groups excluding carboxylic acids is 1. The van der Waals surface area contributed by atoms with Gasteiger partial charge < -0.3 is 14.8 Å². The molecule has 0 atom stereocenters. The van der Waals surface area contributed by atoms with E-state index in [2.05, 4.69) is 5.32 Å². The lowest BCUT2D eigenvalue weighted by atomic mass is 10.0. The number of rotatable bonds is 1. The van der Waals surface area contributed by atoms with Crippen molar-refractivity contribution in [3.8, 4) is 0 Å². The van der Waals surface area contributed by atoms with Gasteiger partial charge in [0, 0.05) is 54.4 Å². The summed E-state index contributed by atoms with van der Waals surface area (Å²) in [6.45, 7) is 0.686. The number of halogens is 4. The number of aromatic nitrogens is 1. The van der Waals surface area contributed by atoms with Crippen molar-refractivity contribution in [2.45, 2.75) is 19.1 Å². The van der Waals surface area contributed by atoms with Crippen LogP contribution in [-0.4, -0.2) is 22.0 Å². The molecule has 0 aliphatic carbocycles. The first-order chi connectivity index (χ1) is 13.2. The van der Waals surface area contributed by atoms with Crippen molar-refractivity contribution in [1.82, 2.24) is 9.47 Å². The number of fused-ring (bicyclic) bond motifs is 3. The number of anilines is 1. The number of aryl methyl sites for hydroxylation is 1. The van der Waals surface area contributed by atoms with Crippen LogP contribution in [0.15, 0.2) is 42.5 Å². The summed E-state index contributed by atoms with van der Waals surface area (Å²) in [6, 6.07) is 8.58. The summed E-state index contributed by atoms with van der Waals surface area (Å²) >= 11 is 0. The number of urea groups is 1. The van der Waals surface area contributed by atoms with E-state index < -0.39 is 17.8 Å². The highest BCUT2D eigenvalue weighted by Crippen LogP contribution is 2.32. The molecule has 0 unspecified atom stereocenters. The van der Waals surface area contributed by atoms with Gasteiger partial charge in [-0.2, -0.15) is 13.2 Å². The highest BCUT2D eigenvalue weighted by molar-refractivity contribution is 5.91. The lowest BCUT2D eigenvalue weighted by Gasteiger charge is -2.28. The quantitative estimate of drug-likeness (QED) is 0.587. The fraction of sp³-hybridized carbons (Fsp3) is 0.250. The predicted octanol–water partition coefficient (Wildman–Crippen LogP) is 4.93. The molecule has 0 radical (unpaired) electrons. The van der Waals surface area contributed by atoms with E-state index in [1.165, 1.54) is 29.2 Å². The van der Waals surface area contributed by atoms with E-state index >= 15 is 0 Å². The minimum atomic E-state index is -4.48. The number of benzene rings is 2. The topological polar surface area (TPSA) is 37.3 Å². The first-order valence-corrected chi connectivity index (χ1v) is 8.73. The smallest absolute Gasteiger partial charge is 0.347 e. The molecule has 1 N–H and O–H groups in total. The molecule has 2 aromatic carbocycles. The number of amides is 2. The molecular formula is C20H17F4N3O. The van der Waals surface area contributed by atoms with Crippen LogP contribution >= 0.6 is 0 Å². The second-order valence-corrected chi connectivity index (χ2v) is 6.83. The summed E-state index contributed by atoms with van der Waals surface area (Å²) in [5.41, 5.74) is 2.03. The average Bonchev–Trinajstić information content (AvgIpc) is 2.92. The molecule has 3 aromatic rings. The third-order valence-electron chi connectivity index (χ3n) is 5.09. The molecule has 2 amide bonds. The lowest BCUT2D eigenvalue weighted by Crippen LogP contribution is -2.39. The van der Waals surface area contributed by atoms with E-state index in [1.54, 1.807) is 6.07 Å². The molecule has 0 saturated heterocycles. The zero-order valence-corrected chi connectivity index (χ0v) is 15.0. The molecule has 1 aliphatic heterocycles. The maximum absolute atomic E-state index is 13.7. The van der Waals surface area contributed by atoms with Gasteiger partial charge in [0.25, 0.3) is 0 Å². The largest absolute Gasteiger partial charge is 0.416 e. The molecule has 0 bridgehead atoms. The van der Waals surface area contributed by atoms with Crippen molar-refractivity contribution in [3.05, 3.63) is 65.1 Å². The Hall–Kier alpha value is -3.03. The third-order valence-corrected chi connectivity index (χ3v) is 5.09. The standard InChI is InChI=1S/C20H17F4N3O/c1-26-17-6-5-13(21)10-15(17)16-11-27(8-7-18(16)26)19(28)25-14-4-2-3-12(9-14)20(22,23)24/h2-6,9-10H,7-8,11H2,1H3,(H,25,28). The number of hydrogen-bond acceptors (Lipinski definition) is 1. The zero-order chi connectivity index (χ0) is 20.1. The molecule has 8 heteroatoms. The number of nitrogens with one attached hydrogen (secondary N) is 1. The normalized spacial score (nSPS) is 14.2. The number of nitrogens with zero attached hydrogens (tertiary/aromatic N) is 2. The summed E-state index contributed by atoms with van der Waals surface area (Å²) in [4.78, 5) is 14.1. The van der Waals surface area contributed by atoms with Gasteiger partial charge in [0.1, 0.15) is 5.82 Å². The molecule has 28 heavy (non-hydrogen) atoms. The number of carbonyl (C=O) groups is 1. The van der Waals surface area contributed by atoms with Crippen molar-refractivity contribution >= 4 is 22.6 Å². The Morgan fingerprint density at radius 3 is 2.68 bits per heavy atom. The molecule has 0 saturated carbocycles. The highest BCUT2D eigenvalue weighted by Gasteiger charge is 2.31. The molecule has 146 valence electrons. The minimum absolute atomic E-state index is 0.0783. The Balaban J connectivity index is 1.58. The van der Waals surface area contributed by atoms with Crippen molar-refractivity contribution < 1.29 is 22.4 Å². The minimum Gasteiger partial charge on any atom is -0.347 e. The molecular weight excluding hydrogens is 374 g/mol.